The van der Waals surface area contributed by atoms with Gasteiger partial charge in [-0.25, -0.2) is 14.8 Å². The Labute approximate surface area is 112 Å². The van der Waals surface area contributed by atoms with E-state index in [9.17, 15) is 4.79 Å². The van der Waals surface area contributed by atoms with Crippen molar-refractivity contribution >= 4 is 39.9 Å². The molecule has 2 aromatic rings. The predicted molar refractivity (Wildman–Crippen MR) is 71.1 cm³/mol. The van der Waals surface area contributed by atoms with Crippen molar-refractivity contribution in [3.63, 3.8) is 0 Å². The first-order valence-electron chi connectivity index (χ1n) is 5.08. The fourth-order valence-electron chi connectivity index (χ4n) is 1.33. The van der Waals surface area contributed by atoms with E-state index in [-0.39, 0.29) is 16.5 Å². The highest BCUT2D eigenvalue weighted by atomic mass is 35.5. The molecule has 0 unspecified atom stereocenters. The normalized spacial score (nSPS) is 10.4. The Bertz CT molecular complexity index is 593. The van der Waals surface area contributed by atoms with E-state index in [4.69, 9.17) is 16.7 Å². The molecule has 0 spiro atoms. The summed E-state index contributed by atoms with van der Waals surface area (Å²) in [6.07, 6.45) is 0. The summed E-state index contributed by atoms with van der Waals surface area (Å²) in [6, 6.07) is 2.85. The molecule has 0 aliphatic heterocycles. The first kappa shape index (κ1) is 12.8. The second kappa shape index (κ2) is 4.91. The van der Waals surface area contributed by atoms with Gasteiger partial charge in [0.2, 0.25) is 0 Å². The number of aryl methyl sites for hydroxylation is 2. The van der Waals surface area contributed by atoms with Crippen LogP contribution >= 0.6 is 22.9 Å². The minimum Gasteiger partial charge on any atom is -0.478 e. The monoisotopic (exact) mass is 283 g/mol. The van der Waals surface area contributed by atoms with Gasteiger partial charge in [0.25, 0.3) is 0 Å². The van der Waals surface area contributed by atoms with Gasteiger partial charge in [0.15, 0.2) is 5.13 Å². The summed E-state index contributed by atoms with van der Waals surface area (Å²) < 4.78 is 0. The Kier molecular flexibility index (Phi) is 3.49. The number of aromatic carboxylic acids is 1. The number of pyridine rings is 1. The van der Waals surface area contributed by atoms with Crippen molar-refractivity contribution in [2.24, 2.45) is 0 Å². The molecule has 7 heteroatoms. The zero-order valence-corrected chi connectivity index (χ0v) is 11.3. The molecular weight excluding hydrogens is 274 g/mol. The molecule has 0 fully saturated rings. The maximum atomic E-state index is 11.1. The first-order valence-corrected chi connectivity index (χ1v) is 6.27. The third kappa shape index (κ3) is 2.60. The number of nitrogens with zero attached hydrogens (tertiary/aromatic N) is 2. The van der Waals surface area contributed by atoms with Gasteiger partial charge < -0.3 is 10.4 Å². The van der Waals surface area contributed by atoms with E-state index >= 15 is 0 Å². The molecule has 0 bridgehead atoms. The number of halogens is 1. The van der Waals surface area contributed by atoms with Crippen molar-refractivity contribution < 1.29 is 9.90 Å². The van der Waals surface area contributed by atoms with E-state index in [0.717, 1.165) is 10.6 Å². The average molecular weight is 284 g/mol. The van der Waals surface area contributed by atoms with Gasteiger partial charge in [-0.2, -0.15) is 0 Å². The van der Waals surface area contributed by atoms with Crippen molar-refractivity contribution in [1.82, 2.24) is 9.97 Å². The average Bonchev–Trinajstić information content (AvgIpc) is 2.57. The highest BCUT2D eigenvalue weighted by molar-refractivity contribution is 7.15. The number of carboxylic acids is 1. The topological polar surface area (TPSA) is 75.1 Å². The first-order chi connectivity index (χ1) is 8.47. The summed E-state index contributed by atoms with van der Waals surface area (Å²) in [7, 11) is 0. The number of anilines is 2. The quantitative estimate of drug-likeness (QED) is 0.846. The molecule has 94 valence electrons. The van der Waals surface area contributed by atoms with Crippen molar-refractivity contribution in [2.45, 2.75) is 13.8 Å². The fourth-order valence-corrected chi connectivity index (χ4v) is 2.29. The van der Waals surface area contributed by atoms with Gasteiger partial charge in [0.05, 0.1) is 5.69 Å². The summed E-state index contributed by atoms with van der Waals surface area (Å²) in [6.45, 7) is 3.84. The lowest BCUT2D eigenvalue weighted by Gasteiger charge is -2.05. The molecule has 0 aromatic carbocycles. The van der Waals surface area contributed by atoms with Crippen LogP contribution < -0.4 is 5.32 Å². The Hall–Kier alpha value is -1.66. The molecule has 0 atom stereocenters. The Morgan fingerprint density at radius 2 is 2.11 bits per heavy atom. The predicted octanol–water partition coefficient (Wildman–Crippen LogP) is 3.25. The number of thiazole rings is 1. The lowest BCUT2D eigenvalue weighted by Crippen LogP contribution is -2.04. The number of aromatic nitrogens is 2. The number of hydrogen-bond acceptors (Lipinski definition) is 5. The van der Waals surface area contributed by atoms with Crippen LogP contribution in [0.4, 0.5) is 10.9 Å². The van der Waals surface area contributed by atoms with Crippen LogP contribution in [0.5, 0.6) is 0 Å². The van der Waals surface area contributed by atoms with Crippen LogP contribution in [-0.2, 0) is 0 Å². The van der Waals surface area contributed by atoms with E-state index in [0.29, 0.717) is 5.13 Å². The molecule has 0 saturated heterocycles. The summed E-state index contributed by atoms with van der Waals surface area (Å²) in [5.41, 5.74) is 0.964. The van der Waals surface area contributed by atoms with E-state index in [1.807, 2.05) is 13.8 Å². The van der Waals surface area contributed by atoms with E-state index < -0.39 is 5.97 Å². The molecule has 2 heterocycles. The Balaban J connectivity index is 2.38. The van der Waals surface area contributed by atoms with Crippen LogP contribution in [0.1, 0.15) is 20.9 Å². The van der Waals surface area contributed by atoms with Gasteiger partial charge in [0.1, 0.15) is 16.5 Å². The van der Waals surface area contributed by atoms with Crippen molar-refractivity contribution in [2.75, 3.05) is 5.32 Å². The zero-order valence-electron chi connectivity index (χ0n) is 9.69. The van der Waals surface area contributed by atoms with Gasteiger partial charge in [-0.15, -0.1) is 11.3 Å². The van der Waals surface area contributed by atoms with Crippen LogP contribution in [0.25, 0.3) is 0 Å². The molecule has 18 heavy (non-hydrogen) atoms. The van der Waals surface area contributed by atoms with Crippen LogP contribution in [0.15, 0.2) is 12.1 Å². The van der Waals surface area contributed by atoms with Crippen LogP contribution in [0.2, 0.25) is 5.15 Å². The number of nitrogens with one attached hydrogen (secondary N) is 1. The smallest absolute Gasteiger partial charge is 0.339 e. The van der Waals surface area contributed by atoms with Gasteiger partial charge in [0, 0.05) is 4.88 Å². The largest absolute Gasteiger partial charge is 0.478 e. The molecular formula is C11H10ClN3O2S. The minimum atomic E-state index is -1.06. The van der Waals surface area contributed by atoms with Crippen LogP contribution in [-0.4, -0.2) is 21.0 Å². The maximum Gasteiger partial charge on any atom is 0.339 e. The number of rotatable bonds is 3. The maximum absolute atomic E-state index is 11.1. The lowest BCUT2D eigenvalue weighted by atomic mass is 10.2. The highest BCUT2D eigenvalue weighted by Gasteiger charge is 2.14. The molecule has 2 rings (SSSR count). The molecule has 0 saturated carbocycles. The van der Waals surface area contributed by atoms with E-state index in [1.54, 1.807) is 0 Å². The van der Waals surface area contributed by atoms with Crippen molar-refractivity contribution in [1.29, 1.82) is 0 Å². The summed E-state index contributed by atoms with van der Waals surface area (Å²) in [4.78, 5) is 20.4. The fraction of sp³-hybridized carbons (Fsp3) is 0.182. The minimum absolute atomic E-state index is 0.0601. The Morgan fingerprint density at radius 1 is 1.39 bits per heavy atom. The molecule has 0 amide bonds. The summed E-state index contributed by atoms with van der Waals surface area (Å²) in [5.74, 6) is -0.865. The van der Waals surface area contributed by atoms with Crippen LogP contribution in [0, 0.1) is 13.8 Å². The van der Waals surface area contributed by atoms with Gasteiger partial charge >= 0.3 is 5.97 Å². The summed E-state index contributed by atoms with van der Waals surface area (Å²) >= 11 is 7.20. The second-order valence-electron chi connectivity index (χ2n) is 3.62. The Morgan fingerprint density at radius 3 is 2.67 bits per heavy atom. The number of hydrogen-bond donors (Lipinski definition) is 2. The van der Waals surface area contributed by atoms with Gasteiger partial charge in [-0.1, -0.05) is 11.6 Å². The SMILES string of the molecule is Cc1nc(Nc2nc(Cl)ccc2C(=O)O)sc1C. The van der Waals surface area contributed by atoms with Crippen molar-refractivity contribution in [3.05, 3.63) is 33.4 Å². The second-order valence-corrected chi connectivity index (χ2v) is 5.21. The number of carboxylic acid groups (broad SMARTS) is 1. The molecule has 5 nitrogen and oxygen atoms in total. The molecule has 2 aromatic heterocycles. The zero-order chi connectivity index (χ0) is 13.3. The van der Waals surface area contributed by atoms with Crippen LogP contribution in [0.3, 0.4) is 0 Å². The van der Waals surface area contributed by atoms with Gasteiger partial charge in [-0.05, 0) is 26.0 Å². The van der Waals surface area contributed by atoms with E-state index in [2.05, 4.69) is 15.3 Å². The highest BCUT2D eigenvalue weighted by Crippen LogP contribution is 2.26. The molecule has 2 N–H and O–H groups in total. The van der Waals surface area contributed by atoms with Gasteiger partial charge in [-0.3, -0.25) is 0 Å². The third-order valence-electron chi connectivity index (χ3n) is 2.35. The molecule has 0 aliphatic rings. The molecule has 0 aliphatic carbocycles. The van der Waals surface area contributed by atoms with Crippen molar-refractivity contribution in [3.8, 4) is 0 Å². The summed E-state index contributed by atoms with van der Waals surface area (Å²) in [5, 5.41) is 12.8. The standard InChI is InChI=1S/C11H10ClN3O2S/c1-5-6(2)18-11(13-5)15-9-7(10(16)17)3-4-8(12)14-9/h3-4H,1-2H3,(H,16,17)(H,13,14,15). The lowest BCUT2D eigenvalue weighted by molar-refractivity contribution is 0.0697. The number of carbonyl (C=O) groups is 1. The third-order valence-corrected chi connectivity index (χ3v) is 3.54. The van der Waals surface area contributed by atoms with E-state index in [1.165, 1.54) is 23.5 Å². The molecule has 0 radical (unpaired) electrons.